The Morgan fingerprint density at radius 1 is 0.765 bits per heavy atom. The fraction of sp³-hybridized carbons (Fsp3) is 0.600. The molecule has 21 nitrogen and oxygen atoms in total. The van der Waals surface area contributed by atoms with E-state index < -0.39 is 48.3 Å². The average molecular weight is 1130 g/mol. The van der Waals surface area contributed by atoms with Crippen LogP contribution in [0.25, 0.3) is 11.5 Å². The van der Waals surface area contributed by atoms with E-state index in [1.165, 1.54) is 19.3 Å². The van der Waals surface area contributed by atoms with Gasteiger partial charge in [0.05, 0.1) is 42.7 Å². The highest BCUT2D eigenvalue weighted by molar-refractivity contribution is 6.12. The summed E-state index contributed by atoms with van der Waals surface area (Å²) >= 11 is 0. The van der Waals surface area contributed by atoms with Crippen LogP contribution in [0.2, 0.25) is 0 Å². The summed E-state index contributed by atoms with van der Waals surface area (Å²) in [5.74, 6) is -3.28. The number of carbonyl (C=O) groups is 8. The highest BCUT2D eigenvalue weighted by Gasteiger charge is 2.44. The first-order valence-electron chi connectivity index (χ1n) is 28.7. The third kappa shape index (κ3) is 18.3. The van der Waals surface area contributed by atoms with E-state index in [1.807, 2.05) is 107 Å². The number of hydrogen-bond donors (Lipinski definition) is 4. The lowest BCUT2D eigenvalue weighted by molar-refractivity contribution is -0.148. The molecule has 3 aromatic rings. The Balaban J connectivity index is 1.17. The number of nitrogens with one attached hydrogen (secondary N) is 4. The van der Waals surface area contributed by atoms with Crippen molar-refractivity contribution < 1.29 is 52.2 Å². The van der Waals surface area contributed by atoms with Crippen LogP contribution >= 0.6 is 0 Å². The Labute approximate surface area is 478 Å². The Morgan fingerprint density at radius 3 is 1.99 bits per heavy atom. The van der Waals surface area contributed by atoms with Gasteiger partial charge in [0.15, 0.2) is 0 Å². The summed E-state index contributed by atoms with van der Waals surface area (Å²) in [7, 11) is 6.58. The van der Waals surface area contributed by atoms with Gasteiger partial charge in [-0.1, -0.05) is 110 Å². The Morgan fingerprint density at radius 2 is 1.40 bits per heavy atom. The maximum absolute atomic E-state index is 14.8. The number of amides is 8. The normalized spacial score (nSPS) is 17.4. The molecule has 0 aliphatic carbocycles. The second-order valence-corrected chi connectivity index (χ2v) is 22.2. The molecule has 81 heavy (non-hydrogen) atoms. The molecule has 2 aliphatic rings. The molecule has 1 saturated heterocycles. The number of unbranched alkanes of at least 4 members (excludes halogenated alkanes) is 2. The molecule has 2 aromatic carbocycles. The van der Waals surface area contributed by atoms with Crippen LogP contribution in [0.1, 0.15) is 130 Å². The zero-order valence-corrected chi connectivity index (χ0v) is 49.4. The minimum absolute atomic E-state index is 0.0485. The molecule has 5 rings (SSSR count). The zero-order valence-electron chi connectivity index (χ0n) is 49.4. The third-order valence-electron chi connectivity index (χ3n) is 15.7. The molecule has 4 N–H and O–H groups in total. The van der Waals surface area contributed by atoms with E-state index >= 15 is 0 Å². The molecule has 0 spiro atoms. The van der Waals surface area contributed by atoms with Gasteiger partial charge in [0, 0.05) is 71.3 Å². The van der Waals surface area contributed by atoms with Crippen LogP contribution in [0.4, 0.5) is 0 Å². The largest absolute Gasteiger partial charge is 0.418 e. The van der Waals surface area contributed by atoms with E-state index in [0.29, 0.717) is 70.3 Å². The van der Waals surface area contributed by atoms with Crippen molar-refractivity contribution in [2.45, 2.75) is 162 Å². The van der Waals surface area contributed by atoms with Crippen LogP contribution in [0, 0.1) is 23.7 Å². The van der Waals surface area contributed by atoms with Gasteiger partial charge < -0.3 is 34.3 Å². The first-order valence-corrected chi connectivity index (χ1v) is 28.7. The minimum atomic E-state index is -0.918. The molecule has 0 saturated carbocycles. The van der Waals surface area contributed by atoms with Crippen molar-refractivity contribution in [2.24, 2.45) is 23.7 Å². The van der Waals surface area contributed by atoms with Crippen LogP contribution in [0.3, 0.4) is 0 Å². The van der Waals surface area contributed by atoms with Crippen LogP contribution in [0.5, 0.6) is 0 Å². The predicted molar refractivity (Wildman–Crippen MR) is 305 cm³/mol. The Hall–Kier alpha value is -6.84. The Kier molecular flexibility index (Phi) is 25.6. The highest BCUT2D eigenvalue weighted by atomic mass is 16.5. The number of nitrogens with zero attached hydrogens (tertiary/aromatic N) is 6. The van der Waals surface area contributed by atoms with Crippen molar-refractivity contribution >= 4 is 47.3 Å². The number of carbonyl (C=O) groups excluding carboxylic acids is 8. The van der Waals surface area contributed by atoms with Gasteiger partial charge in [-0.25, -0.2) is 0 Å². The van der Waals surface area contributed by atoms with Gasteiger partial charge in [0.2, 0.25) is 47.2 Å². The molecule has 1 aromatic heterocycles. The van der Waals surface area contributed by atoms with E-state index in [9.17, 15) is 38.4 Å². The number of ether oxygens (including phenoxy) is 2. The quantitative estimate of drug-likeness (QED) is 0.0339. The first kappa shape index (κ1) is 65.0. The van der Waals surface area contributed by atoms with Crippen LogP contribution in [0.15, 0.2) is 77.2 Å². The molecule has 8 unspecified atom stereocenters. The van der Waals surface area contributed by atoms with Crippen molar-refractivity contribution in [3.05, 3.63) is 84.3 Å². The van der Waals surface area contributed by atoms with E-state index in [0.717, 1.165) is 16.0 Å². The maximum atomic E-state index is 14.8. The number of hydrazine groups is 1. The Bertz CT molecular complexity index is 2560. The SMILES string of the molecule is CCC(C)C(C(CC(=O)N1CCC[C@H]1C(OC)C(C)C(=O)NC(Cc1ccccc1)c1nnc(-c2ccccc2)o1)OC)N(C)C(=O)C(NC(=O)C(C(C)C)N(C)CCCC(=O)NNC(=O)CCCCCN1C(=O)C=CC1=O)C(C)C. The zero-order chi connectivity index (χ0) is 59.3. The number of benzene rings is 2. The van der Waals surface area contributed by atoms with Gasteiger partial charge in [0.25, 0.3) is 11.8 Å². The summed E-state index contributed by atoms with van der Waals surface area (Å²) < 4.78 is 18.4. The lowest BCUT2D eigenvalue weighted by atomic mass is 9.89. The van der Waals surface area contributed by atoms with E-state index in [-0.39, 0.29) is 96.7 Å². The molecule has 21 heteroatoms. The monoisotopic (exact) mass is 1120 g/mol. The first-order chi connectivity index (χ1) is 38.7. The fourth-order valence-corrected chi connectivity index (χ4v) is 11.0. The third-order valence-corrected chi connectivity index (χ3v) is 15.7. The summed E-state index contributed by atoms with van der Waals surface area (Å²) in [5, 5.41) is 14.9. The molecule has 0 bridgehead atoms. The van der Waals surface area contributed by atoms with Crippen LogP contribution in [-0.2, 0) is 54.3 Å². The van der Waals surface area contributed by atoms with Gasteiger partial charge in [-0.3, -0.25) is 59.0 Å². The molecule has 2 aliphatic heterocycles. The van der Waals surface area contributed by atoms with Crippen molar-refractivity contribution in [1.82, 2.24) is 51.3 Å². The lowest BCUT2D eigenvalue weighted by Gasteiger charge is -2.41. The second-order valence-electron chi connectivity index (χ2n) is 22.2. The van der Waals surface area contributed by atoms with Crippen LogP contribution in [-0.4, -0.2) is 161 Å². The van der Waals surface area contributed by atoms with Crippen molar-refractivity contribution in [3.8, 4) is 11.5 Å². The summed E-state index contributed by atoms with van der Waals surface area (Å²) in [4.78, 5) is 113. The molecule has 444 valence electrons. The van der Waals surface area contributed by atoms with Gasteiger partial charge in [0.1, 0.15) is 12.1 Å². The molecular formula is C60H88N10O11. The lowest BCUT2D eigenvalue weighted by Crippen LogP contribution is -2.60. The van der Waals surface area contributed by atoms with Crippen molar-refractivity contribution in [1.29, 1.82) is 0 Å². The van der Waals surface area contributed by atoms with Gasteiger partial charge >= 0.3 is 0 Å². The standard InChI is InChI=1S/C60H88N10O11/c1-12-40(6)54(68(9)60(78)52(38(2)3)62-57(77)53(39(4)5)67(8)33-23-30-48(72)64-63-47(71)29-20-15-21-34-70-49(73)31-32-50(70)74)46(79-10)37-51(75)69-35-22-28-45(69)55(80-11)41(7)56(76)61-44(36-42-24-16-13-17-25-42)59-66-65-58(81-59)43-26-18-14-19-27-43/h13-14,16-19,24-27,31-32,38-41,44-46,52-55H,12,15,20-23,28-30,33-37H2,1-11H3,(H,61,76)(H,62,77)(H,63,71)(H,64,72)/t40?,41?,44?,45-,46?,52?,53?,54?,55?/m0/s1. The molecule has 3 heterocycles. The number of methoxy groups -OCH3 is 2. The molecule has 0 radical (unpaired) electrons. The maximum Gasteiger partial charge on any atom is 0.253 e. The molecule has 1 fully saturated rings. The van der Waals surface area contributed by atoms with E-state index in [2.05, 4.69) is 31.7 Å². The minimum Gasteiger partial charge on any atom is -0.418 e. The summed E-state index contributed by atoms with van der Waals surface area (Å²) in [6.45, 7) is 14.5. The highest BCUT2D eigenvalue weighted by Crippen LogP contribution is 2.31. The number of hydrogen-bond acceptors (Lipinski definition) is 14. The topological polar surface area (TPSA) is 255 Å². The fourth-order valence-electron chi connectivity index (χ4n) is 11.0. The average Bonchev–Trinajstić information content (AvgIpc) is 4.23. The van der Waals surface area contributed by atoms with Gasteiger partial charge in [-0.15, -0.1) is 10.2 Å². The summed E-state index contributed by atoms with van der Waals surface area (Å²) in [5.41, 5.74) is 6.59. The number of aromatic nitrogens is 2. The van der Waals surface area contributed by atoms with Crippen molar-refractivity contribution in [2.75, 3.05) is 47.9 Å². The molecular weight excluding hydrogens is 1040 g/mol. The summed E-state index contributed by atoms with van der Waals surface area (Å²) in [6.07, 6.45) is 5.73. The van der Waals surface area contributed by atoms with Crippen LogP contribution < -0.4 is 21.5 Å². The number of likely N-dealkylation sites (tertiary alicyclic amines) is 1. The van der Waals surface area contributed by atoms with Gasteiger partial charge in [-0.2, -0.15) is 0 Å². The second kappa shape index (κ2) is 32.0. The van der Waals surface area contributed by atoms with Crippen molar-refractivity contribution in [3.63, 3.8) is 0 Å². The number of likely N-dealkylation sites (N-methyl/N-ethyl adjacent to an activating group) is 2. The number of imide groups is 1. The molecule has 9 atom stereocenters. The smallest absolute Gasteiger partial charge is 0.253 e. The number of rotatable bonds is 32. The molecule has 8 amide bonds. The van der Waals surface area contributed by atoms with E-state index in [1.54, 1.807) is 37.9 Å². The summed E-state index contributed by atoms with van der Waals surface area (Å²) in [6, 6.07) is 15.9. The van der Waals surface area contributed by atoms with Gasteiger partial charge in [-0.05, 0) is 81.1 Å². The predicted octanol–water partition coefficient (Wildman–Crippen LogP) is 5.57. The van der Waals surface area contributed by atoms with E-state index in [4.69, 9.17) is 13.9 Å².